The predicted molar refractivity (Wildman–Crippen MR) is 72.8 cm³/mol. The molecule has 1 N–H and O–H groups in total. The van der Waals surface area contributed by atoms with Crippen LogP contribution in [0.3, 0.4) is 0 Å². The predicted octanol–water partition coefficient (Wildman–Crippen LogP) is 3.68. The number of nitrogens with one attached hydrogen (secondary N) is 1. The molecule has 0 aliphatic rings. The van der Waals surface area contributed by atoms with E-state index in [2.05, 4.69) is 17.9 Å². The molecule has 1 amide bonds. The van der Waals surface area contributed by atoms with Gasteiger partial charge in [0.2, 0.25) is 0 Å². The lowest BCUT2D eigenvalue weighted by Crippen LogP contribution is -2.13. The summed E-state index contributed by atoms with van der Waals surface area (Å²) < 4.78 is 13.6. The van der Waals surface area contributed by atoms with Crippen LogP contribution in [0.25, 0.3) is 0 Å². The van der Waals surface area contributed by atoms with Crippen molar-refractivity contribution in [2.45, 2.75) is 11.8 Å². The van der Waals surface area contributed by atoms with E-state index in [1.807, 2.05) is 0 Å². The first-order valence-corrected chi connectivity index (χ1v) is 5.88. The van der Waals surface area contributed by atoms with Crippen LogP contribution in [0.15, 0.2) is 47.4 Å². The number of rotatable bonds is 2. The molecule has 2 aromatic carbocycles. The van der Waals surface area contributed by atoms with Crippen molar-refractivity contribution in [1.29, 1.82) is 0 Å². The Morgan fingerprint density at radius 3 is 2.44 bits per heavy atom. The van der Waals surface area contributed by atoms with Gasteiger partial charge in [0.05, 0.1) is 5.69 Å². The monoisotopic (exact) mass is 261 g/mol. The first-order chi connectivity index (χ1) is 8.58. The topological polar surface area (TPSA) is 29.1 Å². The van der Waals surface area contributed by atoms with Crippen LogP contribution in [-0.4, -0.2) is 5.91 Å². The van der Waals surface area contributed by atoms with Crippen molar-refractivity contribution in [3.8, 4) is 0 Å². The summed E-state index contributed by atoms with van der Waals surface area (Å²) in [6.07, 6.45) is 0. The summed E-state index contributed by atoms with van der Waals surface area (Å²) in [4.78, 5) is 12.7. The Kier molecular flexibility index (Phi) is 3.67. The van der Waals surface area contributed by atoms with Gasteiger partial charge in [-0.15, -0.1) is 12.6 Å². The molecule has 0 aromatic heterocycles. The highest BCUT2D eigenvalue weighted by Gasteiger charge is 2.10. The molecule has 0 unspecified atom stereocenters. The van der Waals surface area contributed by atoms with Crippen LogP contribution >= 0.6 is 12.6 Å². The van der Waals surface area contributed by atoms with Gasteiger partial charge in [-0.05, 0) is 42.8 Å². The summed E-state index contributed by atoms with van der Waals surface area (Å²) in [5.41, 5.74) is 1.38. The lowest BCUT2D eigenvalue weighted by Gasteiger charge is -2.09. The highest BCUT2D eigenvalue weighted by atomic mass is 32.1. The van der Waals surface area contributed by atoms with Crippen LogP contribution in [-0.2, 0) is 0 Å². The normalized spacial score (nSPS) is 10.2. The molecule has 0 aliphatic heterocycles. The zero-order chi connectivity index (χ0) is 13.1. The van der Waals surface area contributed by atoms with E-state index in [-0.39, 0.29) is 11.6 Å². The molecule has 0 saturated heterocycles. The largest absolute Gasteiger partial charge is 0.319 e. The van der Waals surface area contributed by atoms with Gasteiger partial charge >= 0.3 is 0 Å². The average molecular weight is 261 g/mol. The van der Waals surface area contributed by atoms with Crippen molar-refractivity contribution in [1.82, 2.24) is 0 Å². The Morgan fingerprint density at radius 1 is 1.17 bits per heavy atom. The Hall–Kier alpha value is -1.81. The van der Waals surface area contributed by atoms with E-state index in [1.54, 1.807) is 43.3 Å². The van der Waals surface area contributed by atoms with Crippen LogP contribution in [0, 0.1) is 12.7 Å². The number of anilines is 1. The molecule has 18 heavy (non-hydrogen) atoms. The molecule has 0 bridgehead atoms. The van der Waals surface area contributed by atoms with Crippen LogP contribution in [0.4, 0.5) is 10.1 Å². The van der Waals surface area contributed by atoms with Crippen LogP contribution in [0.1, 0.15) is 15.9 Å². The number of halogens is 1. The summed E-state index contributed by atoms with van der Waals surface area (Å²) in [7, 11) is 0. The molecule has 0 spiro atoms. The number of carbonyl (C=O) groups is 1. The third-order valence-corrected chi connectivity index (χ3v) is 2.89. The molecule has 0 fully saturated rings. The minimum atomic E-state index is -0.436. The fourth-order valence-electron chi connectivity index (χ4n) is 1.59. The van der Waals surface area contributed by atoms with Gasteiger partial charge in [-0.25, -0.2) is 4.39 Å². The molecular weight excluding hydrogens is 249 g/mol. The first kappa shape index (κ1) is 12.6. The standard InChI is InChI=1S/C14H12FNOS/c1-9-3-2-4-12(15)13(9)16-14(17)10-5-7-11(18)8-6-10/h2-8,18H,1H3,(H,16,17). The zero-order valence-corrected chi connectivity index (χ0v) is 10.7. The van der Waals surface area contributed by atoms with Gasteiger partial charge in [0.25, 0.3) is 5.91 Å². The van der Waals surface area contributed by atoms with E-state index >= 15 is 0 Å². The van der Waals surface area contributed by atoms with Gasteiger partial charge < -0.3 is 5.32 Å². The fourth-order valence-corrected chi connectivity index (χ4v) is 1.74. The summed E-state index contributed by atoms with van der Waals surface area (Å²) in [6.45, 7) is 1.75. The van der Waals surface area contributed by atoms with Crippen molar-refractivity contribution in [2.75, 3.05) is 5.32 Å². The maximum absolute atomic E-state index is 13.6. The maximum Gasteiger partial charge on any atom is 0.255 e. The second kappa shape index (κ2) is 5.23. The molecule has 0 atom stereocenters. The van der Waals surface area contributed by atoms with Gasteiger partial charge in [0, 0.05) is 10.5 Å². The number of hydrogen-bond acceptors (Lipinski definition) is 2. The third-order valence-electron chi connectivity index (χ3n) is 2.59. The molecule has 2 aromatic rings. The molecule has 2 nitrogen and oxygen atoms in total. The van der Waals surface area contributed by atoms with E-state index in [0.717, 1.165) is 4.90 Å². The number of amides is 1. The quantitative estimate of drug-likeness (QED) is 0.793. The second-order valence-electron chi connectivity index (χ2n) is 3.93. The summed E-state index contributed by atoms with van der Waals surface area (Å²) in [5.74, 6) is -0.773. The van der Waals surface area contributed by atoms with E-state index < -0.39 is 5.82 Å². The van der Waals surface area contributed by atoms with Gasteiger partial charge in [0.15, 0.2) is 0 Å². The van der Waals surface area contributed by atoms with Gasteiger partial charge in [-0.2, -0.15) is 0 Å². The summed E-state index contributed by atoms with van der Waals surface area (Å²) in [5, 5.41) is 2.58. The van der Waals surface area contributed by atoms with Crippen LogP contribution in [0.5, 0.6) is 0 Å². The molecule has 2 rings (SSSR count). The van der Waals surface area contributed by atoms with E-state index in [0.29, 0.717) is 11.1 Å². The Labute approximate surface area is 110 Å². The fraction of sp³-hybridized carbons (Fsp3) is 0.0714. The lowest BCUT2D eigenvalue weighted by molar-refractivity contribution is 0.102. The molecule has 0 radical (unpaired) electrons. The number of para-hydroxylation sites is 1. The molecule has 4 heteroatoms. The third kappa shape index (κ3) is 2.71. The number of hydrogen-bond donors (Lipinski definition) is 2. The number of thiol groups is 1. The molecule has 92 valence electrons. The van der Waals surface area contributed by atoms with Gasteiger partial charge in [0.1, 0.15) is 5.82 Å². The van der Waals surface area contributed by atoms with E-state index in [9.17, 15) is 9.18 Å². The molecular formula is C14H12FNOS. The summed E-state index contributed by atoms with van der Waals surface area (Å²) in [6, 6.07) is 11.4. The second-order valence-corrected chi connectivity index (χ2v) is 4.45. The van der Waals surface area contributed by atoms with E-state index in [4.69, 9.17) is 0 Å². The maximum atomic E-state index is 13.6. The van der Waals surface area contributed by atoms with Crippen LogP contribution in [0.2, 0.25) is 0 Å². The average Bonchev–Trinajstić information content (AvgIpc) is 2.34. The molecule has 0 saturated carbocycles. The highest BCUT2D eigenvalue weighted by molar-refractivity contribution is 7.80. The molecule has 0 aliphatic carbocycles. The number of aryl methyl sites for hydroxylation is 1. The smallest absolute Gasteiger partial charge is 0.255 e. The first-order valence-electron chi connectivity index (χ1n) is 5.43. The highest BCUT2D eigenvalue weighted by Crippen LogP contribution is 2.19. The van der Waals surface area contributed by atoms with Crippen molar-refractivity contribution < 1.29 is 9.18 Å². The van der Waals surface area contributed by atoms with Crippen molar-refractivity contribution in [2.24, 2.45) is 0 Å². The Balaban J connectivity index is 2.24. The zero-order valence-electron chi connectivity index (χ0n) is 9.77. The van der Waals surface area contributed by atoms with Crippen molar-refractivity contribution >= 4 is 24.2 Å². The number of carbonyl (C=O) groups excluding carboxylic acids is 1. The summed E-state index contributed by atoms with van der Waals surface area (Å²) >= 11 is 4.14. The molecule has 0 heterocycles. The van der Waals surface area contributed by atoms with E-state index in [1.165, 1.54) is 6.07 Å². The number of benzene rings is 2. The van der Waals surface area contributed by atoms with Gasteiger partial charge in [-0.1, -0.05) is 12.1 Å². The van der Waals surface area contributed by atoms with Crippen LogP contribution < -0.4 is 5.32 Å². The minimum absolute atomic E-state index is 0.220. The van der Waals surface area contributed by atoms with Crippen molar-refractivity contribution in [3.63, 3.8) is 0 Å². The van der Waals surface area contributed by atoms with Crippen molar-refractivity contribution in [3.05, 3.63) is 59.4 Å². The van der Waals surface area contributed by atoms with Gasteiger partial charge in [-0.3, -0.25) is 4.79 Å². The minimum Gasteiger partial charge on any atom is -0.319 e. The Morgan fingerprint density at radius 2 is 1.83 bits per heavy atom. The lowest BCUT2D eigenvalue weighted by atomic mass is 10.1. The SMILES string of the molecule is Cc1cccc(F)c1NC(=O)c1ccc(S)cc1. The Bertz CT molecular complexity index is 561.